The van der Waals surface area contributed by atoms with Crippen LogP contribution in [-0.2, 0) is 6.54 Å². The highest BCUT2D eigenvalue weighted by Gasteiger charge is 2.04. The van der Waals surface area contributed by atoms with Crippen LogP contribution in [0.1, 0.15) is 27.3 Å². The molecule has 7 heteroatoms. The zero-order valence-electron chi connectivity index (χ0n) is 12.5. The van der Waals surface area contributed by atoms with Crippen molar-refractivity contribution in [3.05, 3.63) is 77.4 Å². The minimum absolute atomic E-state index is 0.0587. The second kappa shape index (κ2) is 6.82. The lowest BCUT2D eigenvalue weighted by atomic mass is 10.2. The molecule has 0 saturated carbocycles. The number of benzene rings is 1. The van der Waals surface area contributed by atoms with Gasteiger partial charge < -0.3 is 5.11 Å². The number of aromatic nitrogens is 4. The molecule has 0 aliphatic carbocycles. The van der Waals surface area contributed by atoms with E-state index in [1.54, 1.807) is 35.2 Å². The van der Waals surface area contributed by atoms with Crippen LogP contribution in [0, 0.1) is 5.82 Å². The molecule has 0 amide bonds. The van der Waals surface area contributed by atoms with Crippen LogP contribution in [0.2, 0.25) is 0 Å². The summed E-state index contributed by atoms with van der Waals surface area (Å²) in [5, 5.41) is 13.1. The molecule has 0 radical (unpaired) electrons. The zero-order valence-corrected chi connectivity index (χ0v) is 12.5. The summed E-state index contributed by atoms with van der Waals surface area (Å²) in [6, 6.07) is 7.63. The number of carboxylic acids is 1. The standard InChI is InChI=1S/C17H13FN4O2/c18-14-4-1-12(2-5-14)9-22-10-13(8-21-22)3-6-15-7-16(17(23)24)20-11-19-15/h1-8,10-11H,9H2,(H,23,24)/b6-3+. The van der Waals surface area contributed by atoms with Gasteiger partial charge in [-0.05, 0) is 35.9 Å². The van der Waals surface area contributed by atoms with Gasteiger partial charge in [-0.25, -0.2) is 19.2 Å². The van der Waals surface area contributed by atoms with E-state index in [0.717, 1.165) is 11.1 Å². The van der Waals surface area contributed by atoms with Crippen LogP contribution < -0.4 is 0 Å². The molecule has 0 bridgehead atoms. The molecule has 1 N–H and O–H groups in total. The lowest BCUT2D eigenvalue weighted by Gasteiger charge is -2.01. The van der Waals surface area contributed by atoms with Gasteiger partial charge in [0.05, 0.1) is 18.4 Å². The van der Waals surface area contributed by atoms with Gasteiger partial charge in [-0.1, -0.05) is 12.1 Å². The monoisotopic (exact) mass is 324 g/mol. The van der Waals surface area contributed by atoms with Crippen molar-refractivity contribution in [2.45, 2.75) is 6.54 Å². The normalized spacial score (nSPS) is 11.0. The number of rotatable bonds is 5. The Kier molecular flexibility index (Phi) is 4.42. The van der Waals surface area contributed by atoms with E-state index in [4.69, 9.17) is 5.11 Å². The van der Waals surface area contributed by atoms with Crippen molar-refractivity contribution < 1.29 is 14.3 Å². The molecule has 2 aromatic heterocycles. The van der Waals surface area contributed by atoms with Gasteiger partial charge in [0.25, 0.3) is 0 Å². The molecular weight excluding hydrogens is 311 g/mol. The summed E-state index contributed by atoms with van der Waals surface area (Å²) in [5.74, 6) is -1.37. The number of hydrogen-bond donors (Lipinski definition) is 1. The number of aromatic carboxylic acids is 1. The Morgan fingerprint density at radius 2 is 2.00 bits per heavy atom. The minimum Gasteiger partial charge on any atom is -0.477 e. The third kappa shape index (κ3) is 3.89. The van der Waals surface area contributed by atoms with E-state index in [1.807, 2.05) is 6.20 Å². The number of carbonyl (C=O) groups is 1. The van der Waals surface area contributed by atoms with Gasteiger partial charge in [0, 0.05) is 11.8 Å². The summed E-state index contributed by atoms with van der Waals surface area (Å²) in [5.41, 5.74) is 2.22. The highest BCUT2D eigenvalue weighted by Crippen LogP contribution is 2.09. The van der Waals surface area contributed by atoms with Gasteiger partial charge in [0.15, 0.2) is 5.69 Å². The van der Waals surface area contributed by atoms with Crippen molar-refractivity contribution in [3.8, 4) is 0 Å². The summed E-state index contributed by atoms with van der Waals surface area (Å²) in [4.78, 5) is 18.5. The molecule has 2 heterocycles. The maximum absolute atomic E-state index is 12.9. The van der Waals surface area contributed by atoms with Gasteiger partial charge in [0.1, 0.15) is 12.1 Å². The number of hydrogen-bond acceptors (Lipinski definition) is 4. The van der Waals surface area contributed by atoms with Gasteiger partial charge in [-0.2, -0.15) is 5.10 Å². The highest BCUT2D eigenvalue weighted by atomic mass is 19.1. The molecule has 0 spiro atoms. The Bertz CT molecular complexity index is 888. The fourth-order valence-electron chi connectivity index (χ4n) is 2.09. The van der Waals surface area contributed by atoms with E-state index in [2.05, 4.69) is 15.1 Å². The number of halogens is 1. The third-order valence-electron chi connectivity index (χ3n) is 3.26. The minimum atomic E-state index is -1.10. The first-order valence-electron chi connectivity index (χ1n) is 7.10. The van der Waals surface area contributed by atoms with E-state index >= 15 is 0 Å². The summed E-state index contributed by atoms with van der Waals surface area (Å²) in [6.45, 7) is 0.533. The second-order valence-corrected chi connectivity index (χ2v) is 5.06. The molecule has 0 saturated heterocycles. The Hall–Kier alpha value is -3.35. The molecule has 6 nitrogen and oxygen atoms in total. The molecule has 24 heavy (non-hydrogen) atoms. The first kappa shape index (κ1) is 15.5. The van der Waals surface area contributed by atoms with Crippen LogP contribution in [0.3, 0.4) is 0 Å². The molecule has 0 fully saturated rings. The molecule has 0 aliphatic rings. The molecule has 0 unspecified atom stereocenters. The Morgan fingerprint density at radius 1 is 1.21 bits per heavy atom. The van der Waals surface area contributed by atoms with Crippen molar-refractivity contribution in [1.29, 1.82) is 0 Å². The lowest BCUT2D eigenvalue weighted by Crippen LogP contribution is -2.00. The topological polar surface area (TPSA) is 80.9 Å². The van der Waals surface area contributed by atoms with Gasteiger partial charge in [-0.3, -0.25) is 4.68 Å². The maximum Gasteiger partial charge on any atom is 0.354 e. The van der Waals surface area contributed by atoms with Crippen LogP contribution in [0.15, 0.2) is 49.1 Å². The smallest absolute Gasteiger partial charge is 0.354 e. The average molecular weight is 324 g/mol. The molecular formula is C17H13FN4O2. The first-order chi connectivity index (χ1) is 11.6. The van der Waals surface area contributed by atoms with Crippen molar-refractivity contribution in [1.82, 2.24) is 19.7 Å². The number of nitrogens with zero attached hydrogens (tertiary/aromatic N) is 4. The van der Waals surface area contributed by atoms with E-state index in [1.165, 1.54) is 24.5 Å². The maximum atomic E-state index is 12.9. The van der Waals surface area contributed by atoms with Crippen molar-refractivity contribution in [2.75, 3.05) is 0 Å². The van der Waals surface area contributed by atoms with Crippen LogP contribution in [-0.4, -0.2) is 30.8 Å². The van der Waals surface area contributed by atoms with Crippen molar-refractivity contribution in [2.24, 2.45) is 0 Å². The predicted molar refractivity (Wildman–Crippen MR) is 85.6 cm³/mol. The molecule has 0 aliphatic heterocycles. The van der Waals surface area contributed by atoms with Crippen molar-refractivity contribution in [3.63, 3.8) is 0 Å². The largest absolute Gasteiger partial charge is 0.477 e. The van der Waals surface area contributed by atoms with E-state index in [0.29, 0.717) is 12.2 Å². The highest BCUT2D eigenvalue weighted by molar-refractivity contribution is 5.86. The average Bonchev–Trinajstić information content (AvgIpc) is 3.03. The fourth-order valence-corrected chi connectivity index (χ4v) is 2.09. The quantitative estimate of drug-likeness (QED) is 0.780. The fraction of sp³-hybridized carbons (Fsp3) is 0.0588. The molecule has 1 aromatic carbocycles. The molecule has 3 aromatic rings. The Morgan fingerprint density at radius 3 is 2.75 bits per heavy atom. The summed E-state index contributed by atoms with van der Waals surface area (Å²) in [6.07, 6.45) is 8.19. The van der Waals surface area contributed by atoms with Crippen LogP contribution >= 0.6 is 0 Å². The van der Waals surface area contributed by atoms with Gasteiger partial charge >= 0.3 is 5.97 Å². The summed E-state index contributed by atoms with van der Waals surface area (Å²) in [7, 11) is 0. The second-order valence-electron chi connectivity index (χ2n) is 5.06. The van der Waals surface area contributed by atoms with Crippen LogP contribution in [0.5, 0.6) is 0 Å². The molecule has 0 atom stereocenters. The van der Waals surface area contributed by atoms with Crippen molar-refractivity contribution >= 4 is 18.1 Å². The summed E-state index contributed by atoms with van der Waals surface area (Å²) < 4.78 is 14.6. The SMILES string of the molecule is O=C(O)c1cc(/C=C/c2cnn(Cc3ccc(F)cc3)c2)ncn1. The Labute approximate surface area is 136 Å². The van der Waals surface area contributed by atoms with Crippen LogP contribution in [0.4, 0.5) is 4.39 Å². The van der Waals surface area contributed by atoms with E-state index in [9.17, 15) is 9.18 Å². The van der Waals surface area contributed by atoms with E-state index in [-0.39, 0.29) is 11.5 Å². The van der Waals surface area contributed by atoms with Gasteiger partial charge in [0.2, 0.25) is 0 Å². The molecule has 120 valence electrons. The third-order valence-corrected chi connectivity index (χ3v) is 3.26. The lowest BCUT2D eigenvalue weighted by molar-refractivity contribution is 0.0690. The zero-order chi connectivity index (χ0) is 16.9. The van der Waals surface area contributed by atoms with E-state index < -0.39 is 5.97 Å². The Balaban J connectivity index is 1.70. The molecule has 3 rings (SSSR count). The first-order valence-corrected chi connectivity index (χ1v) is 7.10. The number of carboxylic acid groups (broad SMARTS) is 1. The summed E-state index contributed by atoms with van der Waals surface area (Å²) >= 11 is 0. The van der Waals surface area contributed by atoms with Gasteiger partial charge in [-0.15, -0.1) is 0 Å². The predicted octanol–water partition coefficient (Wildman–Crippen LogP) is 2.73. The van der Waals surface area contributed by atoms with Crippen LogP contribution in [0.25, 0.3) is 12.2 Å².